The number of oxazole rings is 1. The van der Waals surface area contributed by atoms with Gasteiger partial charge in [-0.15, -0.1) is 5.10 Å². The summed E-state index contributed by atoms with van der Waals surface area (Å²) in [6.45, 7) is 0. The van der Waals surface area contributed by atoms with Gasteiger partial charge in [0, 0.05) is 26.3 Å². The van der Waals surface area contributed by atoms with Gasteiger partial charge in [-0.2, -0.15) is 5.26 Å². The smallest absolute Gasteiger partial charge is 0.328 e. The Morgan fingerprint density at radius 1 is 1.39 bits per heavy atom. The first-order valence-electron chi connectivity index (χ1n) is 6.65. The lowest BCUT2D eigenvalue weighted by Gasteiger charge is -2.10. The van der Waals surface area contributed by atoms with E-state index in [0.717, 1.165) is 4.31 Å². The first kappa shape index (κ1) is 15.8. The van der Waals surface area contributed by atoms with Crippen LogP contribution in [-0.4, -0.2) is 47.2 Å². The molecule has 0 amide bonds. The molecule has 0 unspecified atom stereocenters. The van der Waals surface area contributed by atoms with Gasteiger partial charge in [0.15, 0.2) is 10.7 Å². The lowest BCUT2D eigenvalue weighted by Crippen LogP contribution is -2.22. The van der Waals surface area contributed by atoms with Gasteiger partial charge < -0.3 is 4.42 Å². The molecule has 0 radical (unpaired) electrons. The molecule has 0 saturated heterocycles. The first-order chi connectivity index (χ1) is 10.9. The largest absolute Gasteiger partial charge is 0.422 e. The highest BCUT2D eigenvalue weighted by Gasteiger charge is 2.21. The molecule has 2 aromatic heterocycles. The van der Waals surface area contributed by atoms with Crippen LogP contribution in [0.1, 0.15) is 6.42 Å². The van der Waals surface area contributed by atoms with Gasteiger partial charge in [-0.05, 0) is 18.2 Å². The predicted molar refractivity (Wildman–Crippen MR) is 84.6 cm³/mol. The maximum absolute atomic E-state index is 12.3. The Morgan fingerprint density at radius 2 is 2.17 bits per heavy atom. The molecule has 10 heteroatoms. The average molecular weight is 351 g/mol. The zero-order chi connectivity index (χ0) is 16.6. The summed E-state index contributed by atoms with van der Waals surface area (Å²) in [7, 11) is -0.587. The number of benzene rings is 1. The van der Waals surface area contributed by atoms with Crippen molar-refractivity contribution in [2.75, 3.05) is 19.8 Å². The molecule has 23 heavy (non-hydrogen) atoms. The highest BCUT2D eigenvalue weighted by Crippen LogP contribution is 2.28. The summed E-state index contributed by atoms with van der Waals surface area (Å²) in [5.41, 5.74) is 1.10. The molecule has 0 fully saturated rings. The van der Waals surface area contributed by atoms with Crippen molar-refractivity contribution in [1.82, 2.24) is 18.9 Å². The molecule has 3 aromatic rings. The second kappa shape index (κ2) is 5.84. The van der Waals surface area contributed by atoms with Crippen LogP contribution in [0.3, 0.4) is 0 Å². The van der Waals surface area contributed by atoms with Crippen LogP contribution in [0.5, 0.6) is 0 Å². The maximum atomic E-state index is 12.3. The van der Waals surface area contributed by atoms with Crippen LogP contribution >= 0.6 is 11.8 Å². The van der Waals surface area contributed by atoms with Crippen LogP contribution < -0.4 is 0 Å². The average Bonchev–Trinajstić information content (AvgIpc) is 3.06. The molecule has 0 N–H and O–H groups in total. The highest BCUT2D eigenvalue weighted by atomic mass is 32.2. The standard InChI is InChI=1S/C13H13N5O3S2/c1-17(2)23(19,20)9-4-5-11-10(8-9)18-12(21-11)15-16-13(18)22-7-3-6-14/h4-5,8H,3,7H2,1-2H3. The quantitative estimate of drug-likeness (QED) is 0.509. The summed E-state index contributed by atoms with van der Waals surface area (Å²) in [6.07, 6.45) is 0.385. The number of rotatable bonds is 5. The third-order valence-electron chi connectivity index (χ3n) is 3.20. The Kier molecular flexibility index (Phi) is 4.01. The zero-order valence-corrected chi connectivity index (χ0v) is 14.1. The van der Waals surface area contributed by atoms with Crippen LogP contribution in [0.4, 0.5) is 0 Å². The van der Waals surface area contributed by atoms with E-state index in [1.165, 1.54) is 31.9 Å². The zero-order valence-electron chi connectivity index (χ0n) is 12.4. The predicted octanol–water partition coefficient (Wildman–Crippen LogP) is 1.73. The Hall–Kier alpha value is -2.09. The van der Waals surface area contributed by atoms with Gasteiger partial charge in [0.1, 0.15) is 0 Å². The number of fused-ring (bicyclic) bond motifs is 3. The van der Waals surface area contributed by atoms with Crippen LogP contribution in [0, 0.1) is 11.3 Å². The van der Waals surface area contributed by atoms with Gasteiger partial charge in [-0.1, -0.05) is 16.9 Å². The van der Waals surface area contributed by atoms with E-state index >= 15 is 0 Å². The third kappa shape index (κ3) is 2.67. The fourth-order valence-electron chi connectivity index (χ4n) is 2.04. The molecule has 3 rings (SSSR count). The summed E-state index contributed by atoms with van der Waals surface area (Å²) < 4.78 is 32.9. The van der Waals surface area contributed by atoms with Crippen molar-refractivity contribution in [3.8, 4) is 6.07 Å². The van der Waals surface area contributed by atoms with E-state index in [1.54, 1.807) is 16.5 Å². The van der Waals surface area contributed by atoms with Crippen molar-refractivity contribution in [3.63, 3.8) is 0 Å². The van der Waals surface area contributed by atoms with Crippen molar-refractivity contribution in [3.05, 3.63) is 18.2 Å². The molecule has 0 atom stereocenters. The molecule has 2 heterocycles. The molecule has 0 aliphatic heterocycles. The molecule has 0 spiro atoms. The van der Waals surface area contributed by atoms with Gasteiger partial charge >= 0.3 is 5.84 Å². The normalized spacial score (nSPS) is 12.3. The molecular formula is C13H13N5O3S2. The molecule has 0 bridgehead atoms. The molecule has 1 aromatic carbocycles. The Labute approximate surface area is 136 Å². The molecular weight excluding hydrogens is 338 g/mol. The topological polar surface area (TPSA) is 104 Å². The number of sulfonamides is 1. The number of aromatic nitrogens is 3. The second-order valence-corrected chi connectivity index (χ2v) is 8.09. The minimum absolute atomic E-state index is 0.166. The van der Waals surface area contributed by atoms with E-state index in [-0.39, 0.29) is 4.90 Å². The number of nitriles is 1. The van der Waals surface area contributed by atoms with Crippen LogP contribution in [0.15, 0.2) is 32.7 Å². The molecule has 120 valence electrons. The lowest BCUT2D eigenvalue weighted by molar-refractivity contribution is 0.521. The Bertz CT molecular complexity index is 1010. The SMILES string of the molecule is CN(C)S(=O)(=O)c1ccc2oc3nnc(SCCC#N)n3c2c1. The van der Waals surface area contributed by atoms with Crippen LogP contribution in [-0.2, 0) is 10.0 Å². The summed E-state index contributed by atoms with van der Waals surface area (Å²) in [6, 6.07) is 6.70. The van der Waals surface area contributed by atoms with Gasteiger partial charge in [0.2, 0.25) is 10.0 Å². The van der Waals surface area contributed by atoms with Crippen molar-refractivity contribution in [2.24, 2.45) is 0 Å². The highest BCUT2D eigenvalue weighted by molar-refractivity contribution is 7.99. The molecule has 0 aliphatic rings. The fourth-order valence-corrected chi connectivity index (χ4v) is 3.74. The number of hydrogen-bond acceptors (Lipinski definition) is 7. The van der Waals surface area contributed by atoms with E-state index in [9.17, 15) is 8.42 Å². The van der Waals surface area contributed by atoms with E-state index < -0.39 is 10.0 Å². The van der Waals surface area contributed by atoms with Crippen molar-refractivity contribution in [1.29, 1.82) is 5.26 Å². The fraction of sp³-hybridized carbons (Fsp3) is 0.308. The van der Waals surface area contributed by atoms with E-state index in [1.807, 2.05) is 0 Å². The lowest BCUT2D eigenvalue weighted by atomic mass is 10.3. The Morgan fingerprint density at radius 3 is 2.87 bits per heavy atom. The summed E-state index contributed by atoms with van der Waals surface area (Å²) in [4.78, 5) is 0.166. The number of nitrogens with zero attached hydrogens (tertiary/aromatic N) is 5. The van der Waals surface area contributed by atoms with Gasteiger partial charge in [-0.3, -0.25) is 0 Å². The summed E-state index contributed by atoms with van der Waals surface area (Å²) >= 11 is 1.37. The minimum atomic E-state index is -3.54. The van der Waals surface area contributed by atoms with E-state index in [4.69, 9.17) is 9.68 Å². The molecule has 0 saturated carbocycles. The summed E-state index contributed by atoms with van der Waals surface area (Å²) in [5, 5.41) is 17.1. The number of thioether (sulfide) groups is 1. The maximum Gasteiger partial charge on any atom is 0.328 e. The number of hydrogen-bond donors (Lipinski definition) is 0. The third-order valence-corrected chi connectivity index (χ3v) is 5.94. The first-order valence-corrected chi connectivity index (χ1v) is 9.07. The molecule has 8 nitrogen and oxygen atoms in total. The van der Waals surface area contributed by atoms with Crippen LogP contribution in [0.2, 0.25) is 0 Å². The summed E-state index contributed by atoms with van der Waals surface area (Å²) in [5.74, 6) is 0.860. The van der Waals surface area contributed by atoms with Crippen molar-refractivity contribution >= 4 is 38.7 Å². The van der Waals surface area contributed by atoms with Crippen LogP contribution in [0.25, 0.3) is 16.9 Å². The van der Waals surface area contributed by atoms with Gasteiger partial charge in [0.05, 0.1) is 16.5 Å². The Balaban J connectivity index is 2.15. The van der Waals surface area contributed by atoms with Gasteiger partial charge in [-0.25, -0.2) is 17.1 Å². The van der Waals surface area contributed by atoms with E-state index in [2.05, 4.69) is 16.3 Å². The molecule has 0 aliphatic carbocycles. The monoisotopic (exact) mass is 351 g/mol. The van der Waals surface area contributed by atoms with Gasteiger partial charge in [0.25, 0.3) is 0 Å². The second-order valence-electron chi connectivity index (χ2n) is 4.88. The van der Waals surface area contributed by atoms with Crippen molar-refractivity contribution < 1.29 is 12.8 Å². The van der Waals surface area contributed by atoms with E-state index in [0.29, 0.717) is 34.3 Å². The minimum Gasteiger partial charge on any atom is -0.422 e. The van der Waals surface area contributed by atoms with Crippen molar-refractivity contribution in [2.45, 2.75) is 16.5 Å².